The zero-order valence-corrected chi connectivity index (χ0v) is 8.92. The zero-order valence-electron chi connectivity index (χ0n) is 8.92. The van der Waals surface area contributed by atoms with Crippen LogP contribution in [0.3, 0.4) is 0 Å². The molecule has 1 aromatic carbocycles. The minimum Gasteiger partial charge on any atom is -0.480 e. The Bertz CT molecular complexity index is 416. The Hall–Kier alpha value is -2.37. The molecule has 6 heteroatoms. The summed E-state index contributed by atoms with van der Waals surface area (Å²) in [6.45, 7) is -0.0449. The Morgan fingerprint density at radius 1 is 1.35 bits per heavy atom. The van der Waals surface area contributed by atoms with E-state index in [2.05, 4.69) is 0 Å². The maximum absolute atomic E-state index is 11.4. The van der Waals surface area contributed by atoms with Gasteiger partial charge in [0.15, 0.2) is 0 Å². The van der Waals surface area contributed by atoms with Gasteiger partial charge in [0, 0.05) is 0 Å². The van der Waals surface area contributed by atoms with Gasteiger partial charge in [-0.15, -0.1) is 0 Å². The number of nitrogens with two attached hydrogens (primary N) is 1. The summed E-state index contributed by atoms with van der Waals surface area (Å²) in [4.78, 5) is 22.0. The van der Waals surface area contributed by atoms with Crippen LogP contribution in [-0.4, -0.2) is 22.9 Å². The van der Waals surface area contributed by atoms with Crippen molar-refractivity contribution < 1.29 is 19.4 Å². The van der Waals surface area contributed by atoms with Crippen LogP contribution in [0.1, 0.15) is 5.56 Å². The van der Waals surface area contributed by atoms with Gasteiger partial charge in [0.2, 0.25) is 5.92 Å². The first kappa shape index (κ1) is 12.7. The average Bonchev–Trinajstić information content (AvgIpc) is 2.27. The van der Waals surface area contributed by atoms with Crippen molar-refractivity contribution in [3.8, 4) is 0 Å². The van der Waals surface area contributed by atoms with E-state index in [0.29, 0.717) is 0 Å². The number of carbonyl (C=O) groups is 2. The zero-order chi connectivity index (χ0) is 12.8. The lowest BCUT2D eigenvalue weighted by molar-refractivity contribution is -0.156. The molecule has 0 aliphatic rings. The first-order valence-corrected chi connectivity index (χ1v) is 4.79. The smallest absolute Gasteiger partial charge is 0.328 e. The molecule has 0 bridgehead atoms. The van der Waals surface area contributed by atoms with Crippen molar-refractivity contribution in [2.75, 3.05) is 0 Å². The van der Waals surface area contributed by atoms with E-state index in [4.69, 9.17) is 21.0 Å². The van der Waals surface area contributed by atoms with Crippen LogP contribution in [0.25, 0.3) is 0 Å². The Morgan fingerprint density at radius 3 is 2.41 bits per heavy atom. The van der Waals surface area contributed by atoms with Gasteiger partial charge in [-0.05, 0) is 5.56 Å². The first-order valence-electron chi connectivity index (χ1n) is 4.79. The maximum atomic E-state index is 11.4. The van der Waals surface area contributed by atoms with Crippen molar-refractivity contribution in [1.29, 1.82) is 5.41 Å². The van der Waals surface area contributed by atoms with Crippen LogP contribution in [0.15, 0.2) is 30.3 Å². The van der Waals surface area contributed by atoms with Crippen molar-refractivity contribution in [2.45, 2.75) is 6.61 Å². The molecule has 0 fully saturated rings. The molecule has 0 aliphatic carbocycles. The van der Waals surface area contributed by atoms with E-state index < -0.39 is 23.7 Å². The Morgan fingerprint density at radius 2 is 1.94 bits per heavy atom. The van der Waals surface area contributed by atoms with Gasteiger partial charge in [-0.3, -0.25) is 15.0 Å². The molecular weight excluding hydrogens is 224 g/mol. The predicted octanol–water partition coefficient (Wildman–Crippen LogP) is 0.367. The van der Waals surface area contributed by atoms with Crippen molar-refractivity contribution in [3.05, 3.63) is 35.9 Å². The van der Waals surface area contributed by atoms with E-state index in [-0.39, 0.29) is 6.61 Å². The lowest BCUT2D eigenvalue weighted by Crippen LogP contribution is -2.37. The lowest BCUT2D eigenvalue weighted by atomic mass is 10.1. The van der Waals surface area contributed by atoms with E-state index >= 15 is 0 Å². The second-order valence-electron chi connectivity index (χ2n) is 3.32. The Balaban J connectivity index is 2.60. The van der Waals surface area contributed by atoms with E-state index in [1.807, 2.05) is 0 Å². The molecule has 17 heavy (non-hydrogen) atoms. The number of hydrogen-bond donors (Lipinski definition) is 3. The molecule has 0 aliphatic heterocycles. The standard InChI is InChI=1S/C11H12N2O4/c12-9(13)8(10(14)15)11(16)17-6-7-4-2-1-3-5-7/h1-5,8H,6H2,(H3,12,13)(H,14,15). The predicted molar refractivity (Wildman–Crippen MR) is 59.3 cm³/mol. The largest absolute Gasteiger partial charge is 0.480 e. The fourth-order valence-electron chi connectivity index (χ4n) is 1.17. The number of rotatable bonds is 5. The lowest BCUT2D eigenvalue weighted by Gasteiger charge is -2.10. The minimum atomic E-state index is -1.74. The van der Waals surface area contributed by atoms with Gasteiger partial charge in [-0.2, -0.15) is 0 Å². The third-order valence-electron chi connectivity index (χ3n) is 2.02. The van der Waals surface area contributed by atoms with Gasteiger partial charge in [0.25, 0.3) is 0 Å². The number of benzene rings is 1. The topological polar surface area (TPSA) is 113 Å². The molecule has 6 nitrogen and oxygen atoms in total. The van der Waals surface area contributed by atoms with E-state index in [9.17, 15) is 9.59 Å². The average molecular weight is 236 g/mol. The highest BCUT2D eigenvalue weighted by molar-refractivity contribution is 6.14. The molecule has 0 radical (unpaired) electrons. The Kier molecular flexibility index (Phi) is 4.21. The number of carbonyl (C=O) groups excluding carboxylic acids is 1. The summed E-state index contributed by atoms with van der Waals surface area (Å²) in [6, 6.07) is 8.81. The molecule has 0 heterocycles. The summed E-state index contributed by atoms with van der Waals surface area (Å²) in [5, 5.41) is 15.7. The maximum Gasteiger partial charge on any atom is 0.328 e. The molecule has 0 saturated heterocycles. The number of ether oxygens (including phenoxy) is 1. The number of hydrogen-bond acceptors (Lipinski definition) is 4. The van der Waals surface area contributed by atoms with E-state index in [0.717, 1.165) is 5.56 Å². The van der Waals surface area contributed by atoms with Crippen LogP contribution in [0.4, 0.5) is 0 Å². The number of carboxylic acid groups (broad SMARTS) is 1. The summed E-state index contributed by atoms with van der Waals surface area (Å²) in [5.41, 5.74) is 5.74. The van der Waals surface area contributed by atoms with Gasteiger partial charge in [-0.1, -0.05) is 30.3 Å². The van der Waals surface area contributed by atoms with E-state index in [1.54, 1.807) is 30.3 Å². The molecule has 0 spiro atoms. The van der Waals surface area contributed by atoms with Crippen LogP contribution in [0.2, 0.25) is 0 Å². The van der Waals surface area contributed by atoms with Crippen LogP contribution in [0, 0.1) is 11.3 Å². The summed E-state index contributed by atoms with van der Waals surface area (Å²) in [6.07, 6.45) is 0. The number of nitrogens with one attached hydrogen (secondary N) is 1. The molecule has 1 aromatic rings. The molecule has 1 rings (SSSR count). The van der Waals surface area contributed by atoms with Gasteiger partial charge in [0.1, 0.15) is 12.4 Å². The van der Waals surface area contributed by atoms with Crippen LogP contribution in [0.5, 0.6) is 0 Å². The molecule has 0 aromatic heterocycles. The molecule has 90 valence electrons. The monoisotopic (exact) mass is 236 g/mol. The number of esters is 1. The van der Waals surface area contributed by atoms with Gasteiger partial charge in [-0.25, -0.2) is 0 Å². The van der Waals surface area contributed by atoms with Crippen LogP contribution in [-0.2, 0) is 20.9 Å². The summed E-state index contributed by atoms with van der Waals surface area (Å²) in [5.74, 6) is -5.00. The molecule has 4 N–H and O–H groups in total. The highest BCUT2D eigenvalue weighted by Gasteiger charge is 2.31. The molecular formula is C11H12N2O4. The summed E-state index contributed by atoms with van der Waals surface area (Å²) < 4.78 is 4.77. The third kappa shape index (κ3) is 3.60. The number of amidine groups is 1. The van der Waals surface area contributed by atoms with Crippen LogP contribution >= 0.6 is 0 Å². The van der Waals surface area contributed by atoms with E-state index in [1.165, 1.54) is 0 Å². The van der Waals surface area contributed by atoms with Crippen molar-refractivity contribution >= 4 is 17.8 Å². The molecule has 0 amide bonds. The summed E-state index contributed by atoms with van der Waals surface area (Å²) in [7, 11) is 0. The van der Waals surface area contributed by atoms with Crippen molar-refractivity contribution in [1.82, 2.24) is 0 Å². The van der Waals surface area contributed by atoms with Gasteiger partial charge < -0.3 is 15.6 Å². The normalized spacial score (nSPS) is 11.5. The highest BCUT2D eigenvalue weighted by Crippen LogP contribution is 2.05. The molecule has 1 atom stereocenters. The Labute approximate surface area is 97.5 Å². The van der Waals surface area contributed by atoms with Crippen molar-refractivity contribution in [3.63, 3.8) is 0 Å². The molecule has 1 unspecified atom stereocenters. The fraction of sp³-hybridized carbons (Fsp3) is 0.182. The van der Waals surface area contributed by atoms with Crippen molar-refractivity contribution in [2.24, 2.45) is 11.7 Å². The summed E-state index contributed by atoms with van der Waals surface area (Å²) >= 11 is 0. The highest BCUT2D eigenvalue weighted by atomic mass is 16.5. The first-order chi connectivity index (χ1) is 8.02. The van der Waals surface area contributed by atoms with Gasteiger partial charge in [0.05, 0.1) is 0 Å². The fourth-order valence-corrected chi connectivity index (χ4v) is 1.17. The third-order valence-corrected chi connectivity index (χ3v) is 2.02. The van der Waals surface area contributed by atoms with Gasteiger partial charge >= 0.3 is 11.9 Å². The molecule has 0 saturated carbocycles. The minimum absolute atomic E-state index is 0.0449. The number of aliphatic carboxylic acids is 1. The second-order valence-corrected chi connectivity index (χ2v) is 3.32. The quantitative estimate of drug-likeness (QED) is 0.296. The number of carboxylic acids is 1. The van der Waals surface area contributed by atoms with Crippen LogP contribution < -0.4 is 5.73 Å². The second kappa shape index (κ2) is 5.64. The SMILES string of the molecule is N=C(N)C(C(=O)O)C(=O)OCc1ccccc1.